The van der Waals surface area contributed by atoms with Crippen molar-refractivity contribution in [2.45, 2.75) is 62.7 Å². The predicted molar refractivity (Wildman–Crippen MR) is 66.8 cm³/mol. The topological polar surface area (TPSA) is 0 Å². The second-order valence-corrected chi connectivity index (χ2v) is 8.55. The molecule has 4 saturated carbocycles. The molecule has 0 spiro atoms. The Morgan fingerprint density at radius 3 is 1.47 bits per heavy atom. The Kier molecular flexibility index (Phi) is 2.18. The van der Waals surface area contributed by atoms with Gasteiger partial charge in [-0.05, 0) is 73.5 Å². The van der Waals surface area contributed by atoms with E-state index in [1.807, 2.05) is 0 Å². The number of rotatable bonds is 2. The fourth-order valence-corrected chi connectivity index (χ4v) is 7.81. The van der Waals surface area contributed by atoms with Crippen LogP contribution in [0.3, 0.4) is 0 Å². The SMILES string of the molecule is C1C[C@H]2C[C@H]1C[C@@H]2P[C@H]1C[C@H]2CC[C@H]1C2. The summed E-state index contributed by atoms with van der Waals surface area (Å²) in [7, 11) is 1.37. The Labute approximate surface area is 95.4 Å². The zero-order valence-corrected chi connectivity index (χ0v) is 10.6. The fraction of sp³-hybridized carbons (Fsp3) is 1.00. The van der Waals surface area contributed by atoms with E-state index in [9.17, 15) is 0 Å². The van der Waals surface area contributed by atoms with E-state index in [0.717, 1.165) is 0 Å². The van der Waals surface area contributed by atoms with Crippen molar-refractivity contribution in [3.63, 3.8) is 0 Å². The van der Waals surface area contributed by atoms with Gasteiger partial charge in [0.15, 0.2) is 0 Å². The first-order chi connectivity index (χ1) is 7.38. The Hall–Kier alpha value is 0.430. The van der Waals surface area contributed by atoms with Gasteiger partial charge in [-0.3, -0.25) is 0 Å². The molecule has 0 aromatic heterocycles. The predicted octanol–water partition coefficient (Wildman–Crippen LogP) is 4.04. The molecule has 0 saturated heterocycles. The van der Waals surface area contributed by atoms with E-state index < -0.39 is 0 Å². The van der Waals surface area contributed by atoms with Crippen LogP contribution in [0.15, 0.2) is 0 Å². The number of hydrogen-bond donors (Lipinski definition) is 0. The van der Waals surface area contributed by atoms with Gasteiger partial charge in [0.1, 0.15) is 0 Å². The van der Waals surface area contributed by atoms with Crippen LogP contribution >= 0.6 is 8.58 Å². The van der Waals surface area contributed by atoms with Gasteiger partial charge >= 0.3 is 0 Å². The van der Waals surface area contributed by atoms with Gasteiger partial charge in [-0.2, -0.15) is 0 Å². The summed E-state index contributed by atoms with van der Waals surface area (Å²) in [5.74, 6) is 4.72. The molecule has 6 atom stereocenters. The molecule has 4 aliphatic carbocycles. The standard InChI is InChI=1S/C14H23P/c1-3-11-5-9(1)7-13(11)15-14-8-10-2-4-12(14)6-10/h9-15H,1-8H2/t9-,10-,11-,12-,13-,14-/m0/s1. The van der Waals surface area contributed by atoms with E-state index in [1.54, 1.807) is 51.4 Å². The van der Waals surface area contributed by atoms with Gasteiger partial charge in [0.05, 0.1) is 0 Å². The molecule has 0 aromatic rings. The average molecular weight is 222 g/mol. The van der Waals surface area contributed by atoms with E-state index in [2.05, 4.69) is 0 Å². The van der Waals surface area contributed by atoms with Gasteiger partial charge in [-0.15, -0.1) is 8.58 Å². The molecule has 0 aromatic carbocycles. The van der Waals surface area contributed by atoms with Gasteiger partial charge in [0, 0.05) is 0 Å². The lowest BCUT2D eigenvalue weighted by molar-refractivity contribution is 0.466. The van der Waals surface area contributed by atoms with Crippen LogP contribution in [0.4, 0.5) is 0 Å². The molecule has 0 unspecified atom stereocenters. The molecule has 4 fully saturated rings. The second kappa shape index (κ2) is 3.46. The number of hydrogen-bond acceptors (Lipinski definition) is 0. The molecule has 0 N–H and O–H groups in total. The van der Waals surface area contributed by atoms with Crippen LogP contribution in [0.25, 0.3) is 0 Å². The van der Waals surface area contributed by atoms with Crippen LogP contribution in [-0.2, 0) is 0 Å². The zero-order valence-electron chi connectivity index (χ0n) is 9.62. The monoisotopic (exact) mass is 222 g/mol. The third-order valence-electron chi connectivity index (χ3n) is 5.90. The summed E-state index contributed by atoms with van der Waals surface area (Å²) in [6.45, 7) is 0. The van der Waals surface area contributed by atoms with Crippen molar-refractivity contribution in [3.8, 4) is 0 Å². The molecule has 0 aliphatic heterocycles. The summed E-state index contributed by atoms with van der Waals surface area (Å²) in [5.41, 5.74) is 2.40. The average Bonchev–Trinajstić information content (AvgIpc) is 2.96. The lowest BCUT2D eigenvalue weighted by Crippen LogP contribution is -2.19. The highest BCUT2D eigenvalue weighted by Gasteiger charge is 2.44. The molecule has 4 bridgehead atoms. The summed E-state index contributed by atoms with van der Waals surface area (Å²) in [6, 6.07) is 0. The van der Waals surface area contributed by atoms with Crippen molar-refractivity contribution in [2.24, 2.45) is 23.7 Å². The Morgan fingerprint density at radius 1 is 0.600 bits per heavy atom. The summed E-state index contributed by atoms with van der Waals surface area (Å²) < 4.78 is 0. The van der Waals surface area contributed by atoms with Gasteiger partial charge < -0.3 is 0 Å². The highest BCUT2D eigenvalue weighted by Crippen LogP contribution is 2.58. The second-order valence-electron chi connectivity index (χ2n) is 6.73. The van der Waals surface area contributed by atoms with Gasteiger partial charge in [0.25, 0.3) is 0 Å². The molecule has 84 valence electrons. The van der Waals surface area contributed by atoms with Crippen molar-refractivity contribution in [2.75, 3.05) is 0 Å². The van der Waals surface area contributed by atoms with E-state index in [-0.39, 0.29) is 0 Å². The van der Waals surface area contributed by atoms with E-state index in [0.29, 0.717) is 0 Å². The fourth-order valence-electron chi connectivity index (χ4n) is 5.17. The van der Waals surface area contributed by atoms with Crippen molar-refractivity contribution < 1.29 is 0 Å². The maximum atomic E-state index is 1.64. The van der Waals surface area contributed by atoms with Crippen molar-refractivity contribution in [3.05, 3.63) is 0 Å². The first-order valence-electron chi connectivity index (χ1n) is 7.14. The molecule has 0 nitrogen and oxygen atoms in total. The third kappa shape index (κ3) is 1.51. The summed E-state index contributed by atoms with van der Waals surface area (Å²) in [6.07, 6.45) is 12.9. The van der Waals surface area contributed by atoms with Crippen LogP contribution in [0, 0.1) is 23.7 Å². The van der Waals surface area contributed by atoms with Gasteiger partial charge in [-0.1, -0.05) is 12.8 Å². The Morgan fingerprint density at radius 2 is 1.13 bits per heavy atom. The van der Waals surface area contributed by atoms with E-state index in [4.69, 9.17) is 0 Å². The highest BCUT2D eigenvalue weighted by atomic mass is 31.1. The maximum Gasteiger partial charge on any atom is -0.0203 e. The summed E-state index contributed by atoms with van der Waals surface area (Å²) in [4.78, 5) is 0. The van der Waals surface area contributed by atoms with Crippen LogP contribution in [-0.4, -0.2) is 11.3 Å². The molecule has 0 amide bonds. The van der Waals surface area contributed by atoms with Crippen molar-refractivity contribution in [1.29, 1.82) is 0 Å². The normalized spacial score (nSPS) is 57.6. The summed E-state index contributed by atoms with van der Waals surface area (Å²) >= 11 is 0. The van der Waals surface area contributed by atoms with Gasteiger partial charge in [-0.25, -0.2) is 0 Å². The zero-order chi connectivity index (χ0) is 9.83. The van der Waals surface area contributed by atoms with Crippen LogP contribution in [0.2, 0.25) is 0 Å². The lowest BCUT2D eigenvalue weighted by Gasteiger charge is -2.29. The van der Waals surface area contributed by atoms with Crippen LogP contribution < -0.4 is 0 Å². The molecule has 4 aliphatic rings. The molecule has 0 radical (unpaired) electrons. The first kappa shape index (κ1) is 9.46. The van der Waals surface area contributed by atoms with Crippen LogP contribution in [0.1, 0.15) is 51.4 Å². The quantitative estimate of drug-likeness (QED) is 0.618. The smallest absolute Gasteiger partial charge is 0.0203 e. The Bertz CT molecular complexity index is 236. The molecule has 1 heteroatoms. The van der Waals surface area contributed by atoms with Crippen LogP contribution in [0.5, 0.6) is 0 Å². The minimum atomic E-state index is 1.17. The van der Waals surface area contributed by atoms with Crippen molar-refractivity contribution in [1.82, 2.24) is 0 Å². The Balaban J connectivity index is 1.40. The molecule has 15 heavy (non-hydrogen) atoms. The summed E-state index contributed by atoms with van der Waals surface area (Å²) in [5, 5.41) is 0. The molecule has 0 heterocycles. The molecular formula is C14H23P. The minimum absolute atomic E-state index is 1.17. The van der Waals surface area contributed by atoms with E-state index in [1.165, 1.54) is 43.6 Å². The largest absolute Gasteiger partial charge is 0.115 e. The lowest BCUT2D eigenvalue weighted by atomic mass is 10.00. The number of fused-ring (bicyclic) bond motifs is 4. The van der Waals surface area contributed by atoms with E-state index >= 15 is 0 Å². The molecule has 4 rings (SSSR count). The maximum absolute atomic E-state index is 1.64. The minimum Gasteiger partial charge on any atom is -0.115 e. The first-order valence-corrected chi connectivity index (χ1v) is 8.30. The van der Waals surface area contributed by atoms with Gasteiger partial charge in [0.2, 0.25) is 0 Å². The molecular weight excluding hydrogens is 199 g/mol. The van der Waals surface area contributed by atoms with Crippen molar-refractivity contribution >= 4 is 8.58 Å². The highest BCUT2D eigenvalue weighted by molar-refractivity contribution is 7.39. The third-order valence-corrected chi connectivity index (χ3v) is 8.17.